The molecular weight excluding hydrogens is 525 g/mol. The third-order valence-corrected chi connectivity index (χ3v) is 7.38. The zero-order valence-electron chi connectivity index (χ0n) is 22.5. The van der Waals surface area contributed by atoms with Crippen molar-refractivity contribution < 1.29 is 22.7 Å². The Balaban J connectivity index is 1.59. The van der Waals surface area contributed by atoms with Crippen molar-refractivity contribution in [3.05, 3.63) is 80.0 Å². The Morgan fingerprint density at radius 3 is 2.30 bits per heavy atom. The number of nitrogens with zero attached hydrogens (tertiary/aromatic N) is 2. The summed E-state index contributed by atoms with van der Waals surface area (Å²) in [7, 11) is 3.11. The Morgan fingerprint density at radius 2 is 1.65 bits per heavy atom. The second kappa shape index (κ2) is 10.0. The molecule has 4 aromatic rings. The van der Waals surface area contributed by atoms with Crippen molar-refractivity contribution in [3.8, 4) is 22.6 Å². The molecular formula is C29H29F3N4O4. The Hall–Kier alpha value is -4.28. The van der Waals surface area contributed by atoms with Gasteiger partial charge in [0.2, 0.25) is 5.92 Å². The molecule has 1 aliphatic carbocycles. The summed E-state index contributed by atoms with van der Waals surface area (Å²) in [6, 6.07) is 5.17. The summed E-state index contributed by atoms with van der Waals surface area (Å²) in [4.78, 5) is 41.7. The summed E-state index contributed by atoms with van der Waals surface area (Å²) >= 11 is 0. The molecule has 5 rings (SSSR count). The molecule has 0 aliphatic heterocycles. The number of amides is 1. The van der Waals surface area contributed by atoms with Gasteiger partial charge in [-0.05, 0) is 56.0 Å². The maximum absolute atomic E-state index is 13.9. The first-order valence-electron chi connectivity index (χ1n) is 12.9. The van der Waals surface area contributed by atoms with E-state index in [1.54, 1.807) is 34.1 Å². The number of carbonyl (C=O) groups is 1. The van der Waals surface area contributed by atoms with Gasteiger partial charge in [-0.25, -0.2) is 13.2 Å². The van der Waals surface area contributed by atoms with E-state index in [2.05, 4.69) is 10.3 Å². The summed E-state index contributed by atoms with van der Waals surface area (Å²) in [6.07, 6.45) is 2.78. The van der Waals surface area contributed by atoms with Gasteiger partial charge in [0.15, 0.2) is 5.75 Å². The molecule has 1 fully saturated rings. The van der Waals surface area contributed by atoms with Crippen LogP contribution in [0.5, 0.6) is 11.5 Å². The van der Waals surface area contributed by atoms with Crippen LogP contribution in [-0.4, -0.2) is 32.0 Å². The average Bonchev–Trinajstić information content (AvgIpc) is 3.33. The monoisotopic (exact) mass is 554 g/mol. The zero-order chi connectivity index (χ0) is 28.9. The summed E-state index contributed by atoms with van der Waals surface area (Å²) < 4.78 is 49.9. The minimum atomic E-state index is -2.72. The quantitative estimate of drug-likeness (QED) is 0.359. The predicted molar refractivity (Wildman–Crippen MR) is 145 cm³/mol. The number of fused-ring (bicyclic) bond motifs is 1. The minimum absolute atomic E-state index is 0.0911. The number of hydrogen-bond donors (Lipinski definition) is 2. The molecule has 3 aromatic heterocycles. The molecule has 1 aromatic carbocycles. The fourth-order valence-electron chi connectivity index (χ4n) is 5.18. The third kappa shape index (κ3) is 5.15. The molecule has 0 spiro atoms. The van der Waals surface area contributed by atoms with E-state index in [1.807, 2.05) is 0 Å². The lowest BCUT2D eigenvalue weighted by molar-refractivity contribution is -0.0399. The normalized spacial score (nSPS) is 15.4. The van der Waals surface area contributed by atoms with Crippen LogP contribution in [0.15, 0.2) is 46.2 Å². The predicted octanol–water partition coefficient (Wildman–Crippen LogP) is 5.09. The maximum atomic E-state index is 13.9. The fourth-order valence-corrected chi connectivity index (χ4v) is 5.18. The van der Waals surface area contributed by atoms with Crippen LogP contribution in [0.25, 0.3) is 22.0 Å². The fraction of sp³-hybridized carbons (Fsp3) is 0.345. The van der Waals surface area contributed by atoms with E-state index in [4.69, 9.17) is 4.74 Å². The van der Waals surface area contributed by atoms with Gasteiger partial charge >= 0.3 is 0 Å². The van der Waals surface area contributed by atoms with Crippen LogP contribution >= 0.6 is 0 Å². The van der Waals surface area contributed by atoms with Crippen molar-refractivity contribution in [3.63, 3.8) is 0 Å². The van der Waals surface area contributed by atoms with Crippen molar-refractivity contribution in [2.75, 3.05) is 0 Å². The van der Waals surface area contributed by atoms with E-state index in [-0.39, 0.29) is 48.2 Å². The first-order chi connectivity index (χ1) is 18.8. The van der Waals surface area contributed by atoms with Crippen LogP contribution in [-0.2, 0) is 14.1 Å². The molecule has 0 radical (unpaired) electrons. The number of H-pyrrole nitrogens is 1. The average molecular weight is 555 g/mol. The maximum Gasteiger partial charge on any atom is 0.274 e. The van der Waals surface area contributed by atoms with E-state index in [9.17, 15) is 27.6 Å². The van der Waals surface area contributed by atoms with Gasteiger partial charge in [0.1, 0.15) is 22.8 Å². The SMILES string of the molecule is Cc1cc(F)cc(C)c1Oc1cn(C)c(=O)cc1-c1cn(C)c(=O)c2[nH]c(C(=O)NC3CCC(F)(F)CC3)cc12. The third-order valence-electron chi connectivity index (χ3n) is 7.38. The first-order valence-corrected chi connectivity index (χ1v) is 12.9. The van der Waals surface area contributed by atoms with Gasteiger partial charge in [0.25, 0.3) is 17.0 Å². The highest BCUT2D eigenvalue weighted by molar-refractivity contribution is 6.03. The molecule has 0 bridgehead atoms. The highest BCUT2D eigenvalue weighted by Gasteiger charge is 2.35. The molecule has 8 nitrogen and oxygen atoms in total. The minimum Gasteiger partial charge on any atom is -0.455 e. The van der Waals surface area contributed by atoms with Crippen LogP contribution in [0.1, 0.15) is 47.3 Å². The molecule has 11 heteroatoms. The van der Waals surface area contributed by atoms with E-state index in [0.29, 0.717) is 33.4 Å². The number of aromatic nitrogens is 3. The molecule has 3 heterocycles. The second-order valence-electron chi connectivity index (χ2n) is 10.5. The lowest BCUT2D eigenvalue weighted by atomic mass is 9.92. The number of alkyl halides is 2. The van der Waals surface area contributed by atoms with Crippen molar-refractivity contribution in [1.82, 2.24) is 19.4 Å². The summed E-state index contributed by atoms with van der Waals surface area (Å²) in [5.74, 6) is -2.92. The molecule has 0 saturated heterocycles. The first kappa shape index (κ1) is 27.3. The van der Waals surface area contributed by atoms with Crippen molar-refractivity contribution in [2.24, 2.45) is 14.1 Å². The number of aromatic amines is 1. The topological polar surface area (TPSA) is 98.1 Å². The number of pyridine rings is 2. The van der Waals surface area contributed by atoms with Gasteiger partial charge in [0, 0.05) is 61.8 Å². The number of hydrogen-bond acceptors (Lipinski definition) is 4. The van der Waals surface area contributed by atoms with Crippen molar-refractivity contribution in [1.29, 1.82) is 0 Å². The Bertz CT molecular complexity index is 1740. The molecule has 1 amide bonds. The van der Waals surface area contributed by atoms with Crippen molar-refractivity contribution in [2.45, 2.75) is 51.5 Å². The van der Waals surface area contributed by atoms with E-state index in [1.165, 1.54) is 39.6 Å². The Kier molecular flexibility index (Phi) is 6.85. The molecule has 1 aliphatic rings. The number of aryl methyl sites for hydroxylation is 4. The second-order valence-corrected chi connectivity index (χ2v) is 10.5. The number of nitrogens with one attached hydrogen (secondary N) is 2. The van der Waals surface area contributed by atoms with Crippen LogP contribution in [0.2, 0.25) is 0 Å². The van der Waals surface area contributed by atoms with E-state index in [0.717, 1.165) is 0 Å². The van der Waals surface area contributed by atoms with Gasteiger partial charge in [-0.3, -0.25) is 14.4 Å². The standard InChI is InChI=1S/C29H29F3N4O4/c1-15-9-17(30)10-16(2)26(15)40-23-14-35(3)24(37)12-19(23)21-13-36(4)28(39)25-20(21)11-22(34-25)27(38)33-18-5-7-29(31,32)8-6-18/h9-14,18,34H,5-8H2,1-4H3,(H,33,38). The van der Waals surface area contributed by atoms with Gasteiger partial charge < -0.3 is 24.2 Å². The smallest absolute Gasteiger partial charge is 0.274 e. The molecule has 0 atom stereocenters. The van der Waals surface area contributed by atoms with Gasteiger partial charge in [0.05, 0.1) is 6.20 Å². The van der Waals surface area contributed by atoms with Gasteiger partial charge in [-0.1, -0.05) is 0 Å². The lowest BCUT2D eigenvalue weighted by Gasteiger charge is -2.28. The summed E-state index contributed by atoms with van der Waals surface area (Å²) in [5.41, 5.74) is 1.44. The summed E-state index contributed by atoms with van der Waals surface area (Å²) in [5, 5.41) is 3.17. The lowest BCUT2D eigenvalue weighted by Crippen LogP contribution is -2.40. The number of rotatable bonds is 5. The van der Waals surface area contributed by atoms with Crippen molar-refractivity contribution >= 4 is 16.8 Å². The highest BCUT2D eigenvalue weighted by atomic mass is 19.3. The number of ether oxygens (including phenoxy) is 1. The van der Waals surface area contributed by atoms with Gasteiger partial charge in [-0.15, -0.1) is 0 Å². The molecule has 2 N–H and O–H groups in total. The van der Waals surface area contributed by atoms with Crippen LogP contribution < -0.4 is 21.2 Å². The van der Waals surface area contributed by atoms with Gasteiger partial charge in [-0.2, -0.15) is 0 Å². The van der Waals surface area contributed by atoms with Crippen LogP contribution in [0.3, 0.4) is 0 Å². The van der Waals surface area contributed by atoms with E-state index < -0.39 is 29.2 Å². The number of carbonyl (C=O) groups excluding carboxylic acids is 1. The molecule has 0 unspecified atom stereocenters. The zero-order valence-corrected chi connectivity index (χ0v) is 22.5. The van der Waals surface area contributed by atoms with E-state index >= 15 is 0 Å². The molecule has 1 saturated carbocycles. The highest BCUT2D eigenvalue weighted by Crippen LogP contribution is 2.38. The van der Waals surface area contributed by atoms with Crippen LogP contribution in [0.4, 0.5) is 13.2 Å². The summed E-state index contributed by atoms with van der Waals surface area (Å²) in [6.45, 7) is 3.42. The Labute approximate surface area is 227 Å². The van der Waals surface area contributed by atoms with Crippen LogP contribution in [0, 0.1) is 19.7 Å². The molecule has 40 heavy (non-hydrogen) atoms. The number of benzene rings is 1. The number of halogens is 3. The molecule has 210 valence electrons. The Morgan fingerprint density at radius 1 is 1.00 bits per heavy atom. The largest absolute Gasteiger partial charge is 0.455 e.